The van der Waals surface area contributed by atoms with Crippen molar-refractivity contribution >= 4 is 39.8 Å². The molecule has 2 aromatic rings. The molecule has 196 valence electrons. The molecule has 1 aromatic heterocycles. The molecule has 2 saturated heterocycles. The fourth-order valence-electron chi connectivity index (χ4n) is 5.67. The number of piperazine rings is 1. The first-order valence-electron chi connectivity index (χ1n) is 12.8. The Kier molecular flexibility index (Phi) is 6.93. The van der Waals surface area contributed by atoms with Crippen LogP contribution in [0.3, 0.4) is 0 Å². The Morgan fingerprint density at radius 2 is 1.94 bits per heavy atom. The zero-order valence-electron chi connectivity index (χ0n) is 21.6. The topological polar surface area (TPSA) is 87.2 Å². The number of benzene rings is 1. The molecule has 0 radical (unpaired) electrons. The number of hydrogen-bond acceptors (Lipinski definition) is 7. The van der Waals surface area contributed by atoms with Crippen LogP contribution in [0.2, 0.25) is 5.02 Å². The predicted octanol–water partition coefficient (Wildman–Crippen LogP) is 3.55. The fraction of sp³-hybridized carbons (Fsp3) is 0.630. The second-order valence-corrected chi connectivity index (χ2v) is 11.7. The zero-order valence-corrected chi connectivity index (χ0v) is 22.3. The van der Waals surface area contributed by atoms with Gasteiger partial charge in [-0.05, 0) is 63.1 Å². The van der Waals surface area contributed by atoms with Crippen LogP contribution in [0.25, 0.3) is 10.8 Å². The van der Waals surface area contributed by atoms with Gasteiger partial charge in [0.05, 0.1) is 41.2 Å². The van der Waals surface area contributed by atoms with Gasteiger partial charge in [0.2, 0.25) is 5.91 Å². The average Bonchev–Trinajstić information content (AvgIpc) is 3.17. The average molecular weight is 517 g/mol. The lowest BCUT2D eigenvalue weighted by atomic mass is 9.67. The fourth-order valence-corrected chi connectivity index (χ4v) is 5.96. The molecule has 0 spiro atoms. The number of nitrogens with one attached hydrogen (secondary N) is 1. The number of carbonyl (C=O) groups is 1. The van der Waals surface area contributed by atoms with Gasteiger partial charge in [-0.25, -0.2) is 4.98 Å². The molecular formula is C27H37ClN4O4. The molecule has 1 aromatic carbocycles. The maximum absolute atomic E-state index is 12.8. The van der Waals surface area contributed by atoms with E-state index in [0.29, 0.717) is 30.0 Å². The molecule has 1 aliphatic carbocycles. The minimum absolute atomic E-state index is 0.00959. The summed E-state index contributed by atoms with van der Waals surface area (Å²) in [6.45, 7) is 10.4. The summed E-state index contributed by atoms with van der Waals surface area (Å²) < 4.78 is 11.1. The maximum atomic E-state index is 12.8. The van der Waals surface area contributed by atoms with Crippen LogP contribution in [0.4, 0.5) is 11.5 Å². The molecule has 3 aliphatic rings. The SMILES string of the molecule is COC(C)(C)C1CC(C(=O)Nc2cc3cc(N4CCN([C@@]5(C)COC[C@H]5O)CC4)c(Cl)cc3cn2)C1. The van der Waals surface area contributed by atoms with Crippen LogP contribution < -0.4 is 10.2 Å². The van der Waals surface area contributed by atoms with E-state index in [-0.39, 0.29) is 23.0 Å². The van der Waals surface area contributed by atoms with Gasteiger partial charge in [0.1, 0.15) is 5.82 Å². The minimum atomic E-state index is -0.466. The van der Waals surface area contributed by atoms with E-state index >= 15 is 0 Å². The first-order chi connectivity index (χ1) is 17.1. The number of aliphatic hydroxyl groups excluding tert-OH is 1. The van der Waals surface area contributed by atoms with Crippen LogP contribution in [-0.4, -0.2) is 84.6 Å². The summed E-state index contributed by atoms with van der Waals surface area (Å²) in [6.07, 6.45) is 2.95. The number of carbonyl (C=O) groups excluding carboxylic acids is 1. The number of aliphatic hydroxyl groups is 1. The van der Waals surface area contributed by atoms with Gasteiger partial charge in [0.15, 0.2) is 0 Å². The van der Waals surface area contributed by atoms with Crippen LogP contribution in [0.15, 0.2) is 24.4 Å². The van der Waals surface area contributed by atoms with Gasteiger partial charge in [-0.1, -0.05) is 11.6 Å². The monoisotopic (exact) mass is 516 g/mol. The maximum Gasteiger partial charge on any atom is 0.228 e. The summed E-state index contributed by atoms with van der Waals surface area (Å²) in [5, 5.41) is 16.0. The summed E-state index contributed by atoms with van der Waals surface area (Å²) >= 11 is 6.68. The molecule has 2 atom stereocenters. The van der Waals surface area contributed by atoms with E-state index in [1.54, 1.807) is 13.3 Å². The number of halogens is 1. The van der Waals surface area contributed by atoms with Crippen molar-refractivity contribution in [2.24, 2.45) is 11.8 Å². The standard InChI is InChI=1S/C27H37ClN4O4/c1-26(2,35-4)20-9-18(10-20)25(34)30-24-13-17-12-22(21(28)11-19(17)14-29-24)31-5-7-32(8-6-31)27(3)16-36-15-23(27)33/h11-14,18,20,23,33H,5-10,15-16H2,1-4H3,(H,29,30,34)/t18?,20?,23-,27+/m1/s1. The highest BCUT2D eigenvalue weighted by atomic mass is 35.5. The molecule has 1 saturated carbocycles. The number of rotatable bonds is 6. The Hall–Kier alpha value is -1.97. The Morgan fingerprint density at radius 1 is 1.22 bits per heavy atom. The highest BCUT2D eigenvalue weighted by Gasteiger charge is 2.45. The van der Waals surface area contributed by atoms with E-state index in [4.69, 9.17) is 21.1 Å². The molecule has 5 rings (SSSR count). The lowest BCUT2D eigenvalue weighted by Gasteiger charge is -2.45. The number of anilines is 2. The van der Waals surface area contributed by atoms with Crippen LogP contribution in [-0.2, 0) is 14.3 Å². The molecule has 8 nitrogen and oxygen atoms in total. The number of fused-ring (bicyclic) bond motifs is 1. The number of pyridine rings is 1. The molecule has 36 heavy (non-hydrogen) atoms. The normalized spacial score (nSPS) is 29.4. The van der Waals surface area contributed by atoms with Crippen molar-refractivity contribution in [3.05, 3.63) is 29.4 Å². The van der Waals surface area contributed by atoms with E-state index in [1.807, 2.05) is 12.1 Å². The molecule has 3 heterocycles. The number of amides is 1. The number of methoxy groups -OCH3 is 1. The van der Waals surface area contributed by atoms with Crippen molar-refractivity contribution in [3.63, 3.8) is 0 Å². The Labute approximate surface area is 217 Å². The van der Waals surface area contributed by atoms with Crippen molar-refractivity contribution < 1.29 is 19.4 Å². The molecule has 9 heteroatoms. The van der Waals surface area contributed by atoms with Crippen LogP contribution in [0.5, 0.6) is 0 Å². The molecule has 0 bridgehead atoms. The van der Waals surface area contributed by atoms with E-state index in [1.165, 1.54) is 0 Å². The van der Waals surface area contributed by atoms with Gasteiger partial charge < -0.3 is 24.8 Å². The third kappa shape index (κ3) is 4.70. The van der Waals surface area contributed by atoms with Gasteiger partial charge in [-0.15, -0.1) is 0 Å². The van der Waals surface area contributed by atoms with Crippen molar-refractivity contribution in [1.29, 1.82) is 0 Å². The van der Waals surface area contributed by atoms with Crippen LogP contribution in [0, 0.1) is 11.8 Å². The van der Waals surface area contributed by atoms with Gasteiger partial charge in [-0.2, -0.15) is 0 Å². The van der Waals surface area contributed by atoms with E-state index in [2.05, 4.69) is 46.9 Å². The molecular weight excluding hydrogens is 480 g/mol. The van der Waals surface area contributed by atoms with Crippen molar-refractivity contribution in [2.75, 3.05) is 56.7 Å². The lowest BCUT2D eigenvalue weighted by molar-refractivity contribution is -0.130. The van der Waals surface area contributed by atoms with Crippen LogP contribution >= 0.6 is 11.6 Å². The largest absolute Gasteiger partial charge is 0.389 e. The summed E-state index contributed by atoms with van der Waals surface area (Å²) in [6, 6.07) is 5.95. The summed E-state index contributed by atoms with van der Waals surface area (Å²) in [4.78, 5) is 21.9. The third-order valence-electron chi connectivity index (χ3n) is 8.79. The van der Waals surface area contributed by atoms with Gasteiger partial charge >= 0.3 is 0 Å². The molecule has 2 aliphatic heterocycles. The molecule has 2 N–H and O–H groups in total. The highest BCUT2D eigenvalue weighted by Crippen LogP contribution is 2.43. The quantitative estimate of drug-likeness (QED) is 0.607. The number of aromatic nitrogens is 1. The Balaban J connectivity index is 1.25. The third-order valence-corrected chi connectivity index (χ3v) is 9.09. The summed E-state index contributed by atoms with van der Waals surface area (Å²) in [7, 11) is 1.72. The Morgan fingerprint density at radius 3 is 2.58 bits per heavy atom. The predicted molar refractivity (Wildman–Crippen MR) is 142 cm³/mol. The van der Waals surface area contributed by atoms with E-state index in [9.17, 15) is 9.90 Å². The van der Waals surface area contributed by atoms with Crippen molar-refractivity contribution in [2.45, 2.75) is 50.9 Å². The Bertz CT molecular complexity index is 1130. The number of ether oxygens (including phenoxy) is 2. The summed E-state index contributed by atoms with van der Waals surface area (Å²) in [5.41, 5.74) is 0.434. The second kappa shape index (κ2) is 9.72. The number of hydrogen-bond donors (Lipinski definition) is 2. The molecule has 3 fully saturated rings. The van der Waals surface area contributed by atoms with E-state index < -0.39 is 6.10 Å². The van der Waals surface area contributed by atoms with Crippen molar-refractivity contribution in [3.8, 4) is 0 Å². The minimum Gasteiger partial charge on any atom is -0.389 e. The zero-order chi connectivity index (χ0) is 25.7. The number of nitrogens with zero attached hydrogens (tertiary/aromatic N) is 3. The molecule has 0 unspecified atom stereocenters. The first kappa shape index (κ1) is 25.7. The first-order valence-corrected chi connectivity index (χ1v) is 13.2. The van der Waals surface area contributed by atoms with Crippen LogP contribution in [0.1, 0.15) is 33.6 Å². The smallest absolute Gasteiger partial charge is 0.228 e. The second-order valence-electron chi connectivity index (χ2n) is 11.2. The van der Waals surface area contributed by atoms with E-state index in [0.717, 1.165) is 55.5 Å². The van der Waals surface area contributed by atoms with Gasteiger partial charge in [-0.3, -0.25) is 9.69 Å². The van der Waals surface area contributed by atoms with Crippen molar-refractivity contribution in [1.82, 2.24) is 9.88 Å². The van der Waals surface area contributed by atoms with Gasteiger partial charge in [0.25, 0.3) is 0 Å². The summed E-state index contributed by atoms with van der Waals surface area (Å²) in [5.74, 6) is 0.953. The highest BCUT2D eigenvalue weighted by molar-refractivity contribution is 6.34. The molecule has 1 amide bonds. The van der Waals surface area contributed by atoms with Gasteiger partial charge in [0, 0.05) is 50.8 Å². The lowest BCUT2D eigenvalue weighted by Crippen LogP contribution is -2.60.